The molecule has 1 amide bonds. The largest absolute Gasteiger partial charge is 0.444 e. The average Bonchev–Trinajstić information content (AvgIpc) is 2.58. The summed E-state index contributed by atoms with van der Waals surface area (Å²) in [5.41, 5.74) is -1.18. The van der Waals surface area contributed by atoms with Crippen LogP contribution in [-0.4, -0.2) is 35.0 Å². The molecule has 0 radical (unpaired) electrons. The zero-order valence-electron chi connectivity index (χ0n) is 12.2. The van der Waals surface area contributed by atoms with E-state index in [1.165, 1.54) is 0 Å². The zero-order valence-corrected chi connectivity index (χ0v) is 12.2. The Morgan fingerprint density at radius 3 is 2.50 bits per heavy atom. The summed E-state index contributed by atoms with van der Waals surface area (Å²) in [6.45, 7) is 10.3. The van der Waals surface area contributed by atoms with Crippen LogP contribution in [0.4, 0.5) is 4.79 Å². The van der Waals surface area contributed by atoms with Crippen molar-refractivity contribution in [2.24, 2.45) is 5.92 Å². The summed E-state index contributed by atoms with van der Waals surface area (Å²) in [4.78, 5) is 25.3. The van der Waals surface area contributed by atoms with E-state index in [9.17, 15) is 9.59 Å². The Labute approximate surface area is 110 Å². The molecule has 104 valence electrons. The van der Waals surface area contributed by atoms with Gasteiger partial charge in [-0.15, -0.1) is 0 Å². The monoisotopic (exact) mass is 255 g/mol. The fourth-order valence-electron chi connectivity index (χ4n) is 2.58. The van der Waals surface area contributed by atoms with Gasteiger partial charge in [0, 0.05) is 6.54 Å². The highest BCUT2D eigenvalue weighted by Crippen LogP contribution is 2.34. The molecule has 4 heteroatoms. The first-order valence-corrected chi connectivity index (χ1v) is 6.67. The van der Waals surface area contributed by atoms with Crippen molar-refractivity contribution in [2.45, 2.75) is 65.0 Å². The van der Waals surface area contributed by atoms with Crippen LogP contribution in [-0.2, 0) is 9.53 Å². The van der Waals surface area contributed by atoms with Crippen LogP contribution >= 0.6 is 0 Å². The summed E-state index contributed by atoms with van der Waals surface area (Å²) < 4.78 is 5.39. The van der Waals surface area contributed by atoms with Gasteiger partial charge in [-0.25, -0.2) is 4.79 Å². The number of ether oxygens (including phenoxy) is 1. The van der Waals surface area contributed by atoms with E-state index in [-0.39, 0.29) is 6.09 Å². The summed E-state index contributed by atoms with van der Waals surface area (Å²) in [7, 11) is 0. The van der Waals surface area contributed by atoms with Crippen molar-refractivity contribution in [3.8, 4) is 0 Å². The highest BCUT2D eigenvalue weighted by molar-refractivity contribution is 5.77. The first-order chi connectivity index (χ1) is 8.20. The Bertz CT molecular complexity index is 319. The maximum Gasteiger partial charge on any atom is 0.411 e. The first-order valence-electron chi connectivity index (χ1n) is 6.67. The van der Waals surface area contributed by atoms with Crippen molar-refractivity contribution in [3.05, 3.63) is 0 Å². The predicted octanol–water partition coefficient (Wildman–Crippen LogP) is 3.00. The fourth-order valence-corrected chi connectivity index (χ4v) is 2.58. The molecule has 4 nitrogen and oxygen atoms in total. The molecule has 1 atom stereocenters. The van der Waals surface area contributed by atoms with Gasteiger partial charge in [0.05, 0.1) is 0 Å². The van der Waals surface area contributed by atoms with Gasteiger partial charge < -0.3 is 9.53 Å². The number of hydrogen-bond acceptors (Lipinski definition) is 3. The molecule has 0 aromatic heterocycles. The molecule has 1 unspecified atom stereocenters. The highest BCUT2D eigenvalue weighted by Gasteiger charge is 2.45. The van der Waals surface area contributed by atoms with E-state index in [0.717, 1.165) is 19.1 Å². The summed E-state index contributed by atoms with van der Waals surface area (Å²) in [6.07, 6.45) is 2.88. The Morgan fingerprint density at radius 1 is 1.44 bits per heavy atom. The molecule has 1 saturated heterocycles. The Kier molecular flexibility index (Phi) is 4.41. The van der Waals surface area contributed by atoms with Crippen molar-refractivity contribution < 1.29 is 14.3 Å². The SMILES string of the molecule is CC(C)CC1(C=O)CCCN1C(=O)OC(C)(C)C. The van der Waals surface area contributed by atoms with Crippen molar-refractivity contribution in [1.29, 1.82) is 0 Å². The molecule has 0 N–H and O–H groups in total. The van der Waals surface area contributed by atoms with Gasteiger partial charge in [0.15, 0.2) is 0 Å². The fraction of sp³-hybridized carbons (Fsp3) is 0.857. The predicted molar refractivity (Wildman–Crippen MR) is 70.4 cm³/mol. The van der Waals surface area contributed by atoms with E-state index in [1.54, 1.807) is 4.90 Å². The van der Waals surface area contributed by atoms with E-state index in [0.29, 0.717) is 18.9 Å². The quantitative estimate of drug-likeness (QED) is 0.728. The number of hydrogen-bond donors (Lipinski definition) is 0. The number of aldehydes is 1. The van der Waals surface area contributed by atoms with Crippen LogP contribution in [0, 0.1) is 5.92 Å². The minimum atomic E-state index is -0.656. The first kappa shape index (κ1) is 15.0. The number of carbonyl (C=O) groups is 2. The second-order valence-electron chi connectivity index (χ2n) is 6.55. The van der Waals surface area contributed by atoms with E-state index in [4.69, 9.17) is 4.74 Å². The maximum atomic E-state index is 12.2. The molecule has 1 aliphatic heterocycles. The van der Waals surface area contributed by atoms with Gasteiger partial charge in [-0.1, -0.05) is 13.8 Å². The third kappa shape index (κ3) is 3.47. The van der Waals surface area contributed by atoms with Crippen LogP contribution in [0.2, 0.25) is 0 Å². The maximum absolute atomic E-state index is 12.2. The molecule has 0 saturated carbocycles. The zero-order chi connectivity index (χ0) is 14.0. The molecule has 0 aromatic carbocycles. The lowest BCUT2D eigenvalue weighted by Gasteiger charge is -2.36. The van der Waals surface area contributed by atoms with Crippen LogP contribution in [0.25, 0.3) is 0 Å². The molecule has 1 fully saturated rings. The van der Waals surface area contributed by atoms with Crippen LogP contribution in [0.3, 0.4) is 0 Å². The minimum Gasteiger partial charge on any atom is -0.444 e. The van der Waals surface area contributed by atoms with Gasteiger partial charge in [-0.2, -0.15) is 0 Å². The summed E-state index contributed by atoms with van der Waals surface area (Å²) in [6, 6.07) is 0. The number of likely N-dealkylation sites (tertiary alicyclic amines) is 1. The van der Waals surface area contributed by atoms with E-state index in [1.807, 2.05) is 20.8 Å². The topological polar surface area (TPSA) is 46.6 Å². The lowest BCUT2D eigenvalue weighted by atomic mass is 9.88. The molecule has 0 aromatic rings. The van der Waals surface area contributed by atoms with Crippen LogP contribution < -0.4 is 0 Å². The summed E-state index contributed by atoms with van der Waals surface area (Å²) in [5.74, 6) is 0.373. The molecule has 1 heterocycles. The van der Waals surface area contributed by atoms with Gasteiger partial charge >= 0.3 is 6.09 Å². The van der Waals surface area contributed by atoms with Crippen molar-refractivity contribution in [3.63, 3.8) is 0 Å². The van der Waals surface area contributed by atoms with Crippen molar-refractivity contribution in [1.82, 2.24) is 4.90 Å². The molecular formula is C14H25NO3. The lowest BCUT2D eigenvalue weighted by Crippen LogP contribution is -2.51. The van der Waals surface area contributed by atoms with Crippen LogP contribution in [0.5, 0.6) is 0 Å². The van der Waals surface area contributed by atoms with Crippen molar-refractivity contribution >= 4 is 12.4 Å². The Morgan fingerprint density at radius 2 is 2.06 bits per heavy atom. The smallest absolute Gasteiger partial charge is 0.411 e. The summed E-state index contributed by atoms with van der Waals surface area (Å²) >= 11 is 0. The average molecular weight is 255 g/mol. The number of rotatable bonds is 3. The van der Waals surface area contributed by atoms with Gasteiger partial charge in [-0.05, 0) is 46.0 Å². The van der Waals surface area contributed by atoms with Crippen molar-refractivity contribution in [2.75, 3.05) is 6.54 Å². The normalized spacial score (nSPS) is 24.4. The Balaban J connectivity index is 2.85. The molecule has 0 spiro atoms. The number of carbonyl (C=O) groups excluding carboxylic acids is 2. The number of amides is 1. The molecule has 0 aliphatic carbocycles. The molecule has 1 aliphatic rings. The van der Waals surface area contributed by atoms with Gasteiger partial charge in [-0.3, -0.25) is 4.90 Å². The van der Waals surface area contributed by atoms with Gasteiger partial charge in [0.25, 0.3) is 0 Å². The lowest BCUT2D eigenvalue weighted by molar-refractivity contribution is -0.118. The highest BCUT2D eigenvalue weighted by atomic mass is 16.6. The Hall–Kier alpha value is -1.06. The summed E-state index contributed by atoms with van der Waals surface area (Å²) in [5, 5.41) is 0. The minimum absolute atomic E-state index is 0.368. The third-order valence-corrected chi connectivity index (χ3v) is 3.12. The van der Waals surface area contributed by atoms with E-state index < -0.39 is 11.1 Å². The van der Waals surface area contributed by atoms with Gasteiger partial charge in [0.1, 0.15) is 17.4 Å². The standard InChI is InChI=1S/C14H25NO3/c1-11(2)9-14(10-16)7-6-8-15(14)12(17)18-13(3,4)5/h10-11H,6-9H2,1-5H3. The number of nitrogens with zero attached hydrogens (tertiary/aromatic N) is 1. The molecule has 18 heavy (non-hydrogen) atoms. The molecule has 0 bridgehead atoms. The second kappa shape index (κ2) is 5.29. The van der Waals surface area contributed by atoms with Crippen LogP contribution in [0.15, 0.2) is 0 Å². The van der Waals surface area contributed by atoms with Gasteiger partial charge in [0.2, 0.25) is 0 Å². The second-order valence-corrected chi connectivity index (χ2v) is 6.55. The van der Waals surface area contributed by atoms with E-state index in [2.05, 4.69) is 13.8 Å². The third-order valence-electron chi connectivity index (χ3n) is 3.12. The van der Waals surface area contributed by atoms with E-state index >= 15 is 0 Å². The molecule has 1 rings (SSSR count). The van der Waals surface area contributed by atoms with Crippen LogP contribution in [0.1, 0.15) is 53.9 Å². The molecular weight excluding hydrogens is 230 g/mol.